The fraction of sp³-hybridized carbons (Fsp3) is 0.208. The summed E-state index contributed by atoms with van der Waals surface area (Å²) in [6.07, 6.45) is 0. The van der Waals surface area contributed by atoms with Crippen LogP contribution in [0.2, 0.25) is 0 Å². The van der Waals surface area contributed by atoms with E-state index in [1.807, 2.05) is 60.0 Å². The third-order valence-corrected chi connectivity index (χ3v) is 6.25. The monoisotopic (exact) mass is 418 g/mol. The number of fused-ring (bicyclic) bond motifs is 1. The minimum atomic E-state index is -0.119. The number of benzene rings is 2. The van der Waals surface area contributed by atoms with E-state index in [4.69, 9.17) is 9.15 Å². The van der Waals surface area contributed by atoms with Gasteiger partial charge in [0.25, 0.3) is 5.91 Å². The minimum Gasteiger partial charge on any atom is -0.457 e. The van der Waals surface area contributed by atoms with Gasteiger partial charge in [-0.15, -0.1) is 11.3 Å². The Balaban J connectivity index is 1.64. The number of hydrogen-bond acceptors (Lipinski definition) is 5. The van der Waals surface area contributed by atoms with Crippen molar-refractivity contribution < 1.29 is 13.9 Å². The van der Waals surface area contributed by atoms with Gasteiger partial charge < -0.3 is 14.5 Å². The van der Waals surface area contributed by atoms with Crippen LogP contribution in [0, 0.1) is 0 Å². The third-order valence-electron chi connectivity index (χ3n) is 5.38. The van der Waals surface area contributed by atoms with Crippen LogP contribution in [0.15, 0.2) is 76.5 Å². The molecule has 0 saturated carbocycles. The third kappa shape index (κ3) is 3.65. The highest BCUT2D eigenvalue weighted by Crippen LogP contribution is 2.40. The lowest BCUT2D eigenvalue weighted by Crippen LogP contribution is -2.39. The van der Waals surface area contributed by atoms with E-state index in [-0.39, 0.29) is 11.9 Å². The van der Waals surface area contributed by atoms with E-state index in [1.54, 1.807) is 0 Å². The molecule has 0 radical (unpaired) electrons. The Kier molecular flexibility index (Phi) is 5.36. The maximum atomic E-state index is 12.9. The van der Waals surface area contributed by atoms with E-state index in [0.29, 0.717) is 18.1 Å². The molecule has 5 nitrogen and oxygen atoms in total. The van der Waals surface area contributed by atoms with Crippen LogP contribution >= 0.6 is 11.3 Å². The molecule has 0 unspecified atom stereocenters. The van der Waals surface area contributed by atoms with Crippen molar-refractivity contribution in [3.05, 3.63) is 88.3 Å². The summed E-state index contributed by atoms with van der Waals surface area (Å²) in [5.74, 6) is 0.640. The standard InChI is InChI=1S/C24H22N2O3S/c27-24(20-11-6-16-30-20)25-21-18-9-4-5-10-19(18)29-23(21)22(17-7-2-1-3-8-17)26-12-14-28-15-13-26/h1-11,16,22H,12-15H2,(H,25,27)/t22-/m0/s1. The number of hydrogen-bond donors (Lipinski definition) is 1. The van der Waals surface area contributed by atoms with Gasteiger partial charge in [0.15, 0.2) is 0 Å². The molecule has 2 aromatic carbocycles. The van der Waals surface area contributed by atoms with Crippen LogP contribution in [-0.2, 0) is 4.74 Å². The first-order chi connectivity index (χ1) is 14.8. The molecule has 1 N–H and O–H groups in total. The Morgan fingerprint density at radius 1 is 0.967 bits per heavy atom. The summed E-state index contributed by atoms with van der Waals surface area (Å²) in [7, 11) is 0. The molecule has 4 aromatic rings. The summed E-state index contributed by atoms with van der Waals surface area (Å²) in [6, 6.07) is 21.8. The number of carbonyl (C=O) groups is 1. The zero-order valence-electron chi connectivity index (χ0n) is 16.4. The number of morpholine rings is 1. The number of carbonyl (C=O) groups excluding carboxylic acids is 1. The van der Waals surface area contributed by atoms with Crippen molar-refractivity contribution in [1.82, 2.24) is 4.90 Å². The number of ether oxygens (including phenoxy) is 1. The van der Waals surface area contributed by atoms with Crippen LogP contribution < -0.4 is 5.32 Å². The summed E-state index contributed by atoms with van der Waals surface area (Å²) in [5, 5.41) is 5.96. The van der Waals surface area contributed by atoms with Gasteiger partial charge in [-0.1, -0.05) is 48.5 Å². The molecule has 1 fully saturated rings. The van der Waals surface area contributed by atoms with Gasteiger partial charge in [-0.05, 0) is 29.1 Å². The molecule has 0 spiro atoms. The zero-order valence-corrected chi connectivity index (χ0v) is 17.2. The Bertz CT molecular complexity index is 1130. The molecule has 1 aliphatic rings. The van der Waals surface area contributed by atoms with E-state index in [2.05, 4.69) is 22.3 Å². The second-order valence-electron chi connectivity index (χ2n) is 7.23. The lowest BCUT2D eigenvalue weighted by atomic mass is 10.0. The lowest BCUT2D eigenvalue weighted by molar-refractivity contribution is 0.0206. The number of nitrogens with zero attached hydrogens (tertiary/aromatic N) is 1. The van der Waals surface area contributed by atoms with Gasteiger partial charge in [0.1, 0.15) is 11.3 Å². The SMILES string of the molecule is O=C(Nc1c([C@H](c2ccccc2)N2CCOCC2)oc2ccccc12)c1cccs1. The van der Waals surface area contributed by atoms with E-state index in [9.17, 15) is 4.79 Å². The molecule has 2 aromatic heterocycles. The molecular weight excluding hydrogens is 396 g/mol. The Morgan fingerprint density at radius 2 is 1.73 bits per heavy atom. The number of furan rings is 1. The molecule has 152 valence electrons. The van der Waals surface area contributed by atoms with Crippen LogP contribution in [0.4, 0.5) is 5.69 Å². The minimum absolute atomic E-state index is 0.110. The van der Waals surface area contributed by atoms with Crippen molar-refractivity contribution in [3.63, 3.8) is 0 Å². The van der Waals surface area contributed by atoms with Gasteiger partial charge in [0.2, 0.25) is 0 Å². The topological polar surface area (TPSA) is 54.7 Å². The Morgan fingerprint density at radius 3 is 2.50 bits per heavy atom. The number of anilines is 1. The highest BCUT2D eigenvalue weighted by Gasteiger charge is 2.31. The average Bonchev–Trinajstić information content (AvgIpc) is 3.45. The van der Waals surface area contributed by atoms with Crippen molar-refractivity contribution in [2.45, 2.75) is 6.04 Å². The van der Waals surface area contributed by atoms with Crippen LogP contribution in [0.3, 0.4) is 0 Å². The highest BCUT2D eigenvalue weighted by atomic mass is 32.1. The number of rotatable bonds is 5. The molecule has 5 rings (SSSR count). The number of para-hydroxylation sites is 1. The van der Waals surface area contributed by atoms with Crippen LogP contribution in [0.5, 0.6) is 0 Å². The lowest BCUT2D eigenvalue weighted by Gasteiger charge is -2.34. The Labute approximate surface area is 178 Å². The molecule has 1 saturated heterocycles. The maximum absolute atomic E-state index is 12.9. The summed E-state index contributed by atoms with van der Waals surface area (Å²) < 4.78 is 12.0. The summed E-state index contributed by atoms with van der Waals surface area (Å²) in [4.78, 5) is 16.0. The molecule has 1 aliphatic heterocycles. The van der Waals surface area contributed by atoms with Crippen LogP contribution in [-0.4, -0.2) is 37.1 Å². The van der Waals surface area contributed by atoms with E-state index in [1.165, 1.54) is 11.3 Å². The van der Waals surface area contributed by atoms with Gasteiger partial charge >= 0.3 is 0 Å². The van der Waals surface area contributed by atoms with E-state index in [0.717, 1.165) is 41.1 Å². The van der Waals surface area contributed by atoms with Gasteiger partial charge in [-0.25, -0.2) is 0 Å². The summed E-state index contributed by atoms with van der Waals surface area (Å²) in [6.45, 7) is 2.96. The normalized spacial score (nSPS) is 15.9. The second kappa shape index (κ2) is 8.44. The largest absolute Gasteiger partial charge is 0.457 e. The van der Waals surface area contributed by atoms with Crippen LogP contribution in [0.1, 0.15) is 27.0 Å². The molecule has 0 aliphatic carbocycles. The zero-order chi connectivity index (χ0) is 20.3. The Hall–Kier alpha value is -2.93. The molecule has 1 amide bonds. The quantitative estimate of drug-likeness (QED) is 0.486. The van der Waals surface area contributed by atoms with Gasteiger partial charge in [-0.2, -0.15) is 0 Å². The number of thiophene rings is 1. The first kappa shape index (κ1) is 19.1. The molecule has 0 bridgehead atoms. The van der Waals surface area contributed by atoms with Crippen molar-refractivity contribution >= 4 is 33.9 Å². The smallest absolute Gasteiger partial charge is 0.265 e. The van der Waals surface area contributed by atoms with Crippen LogP contribution in [0.25, 0.3) is 11.0 Å². The first-order valence-electron chi connectivity index (χ1n) is 10.0. The second-order valence-corrected chi connectivity index (χ2v) is 8.18. The summed E-state index contributed by atoms with van der Waals surface area (Å²) in [5.41, 5.74) is 2.64. The van der Waals surface area contributed by atoms with Gasteiger partial charge in [0, 0.05) is 18.5 Å². The van der Waals surface area contributed by atoms with Gasteiger partial charge in [-0.3, -0.25) is 9.69 Å². The number of amides is 1. The van der Waals surface area contributed by atoms with E-state index >= 15 is 0 Å². The van der Waals surface area contributed by atoms with E-state index < -0.39 is 0 Å². The molecule has 3 heterocycles. The van der Waals surface area contributed by atoms with Crippen molar-refractivity contribution in [2.24, 2.45) is 0 Å². The molecule has 30 heavy (non-hydrogen) atoms. The van der Waals surface area contributed by atoms with Crippen molar-refractivity contribution in [2.75, 3.05) is 31.6 Å². The number of nitrogens with one attached hydrogen (secondary N) is 1. The molecule has 1 atom stereocenters. The predicted octanol–water partition coefficient (Wildman–Crippen LogP) is 5.17. The predicted molar refractivity (Wildman–Crippen MR) is 119 cm³/mol. The maximum Gasteiger partial charge on any atom is 0.265 e. The molecule has 6 heteroatoms. The van der Waals surface area contributed by atoms with Crippen molar-refractivity contribution in [3.8, 4) is 0 Å². The molecular formula is C24H22N2O3S. The van der Waals surface area contributed by atoms with Gasteiger partial charge in [0.05, 0.1) is 29.8 Å². The first-order valence-corrected chi connectivity index (χ1v) is 10.9. The fourth-order valence-corrected chi connectivity index (χ4v) is 4.59. The summed E-state index contributed by atoms with van der Waals surface area (Å²) >= 11 is 1.43. The fourth-order valence-electron chi connectivity index (χ4n) is 3.97. The highest BCUT2D eigenvalue weighted by molar-refractivity contribution is 7.12. The average molecular weight is 419 g/mol. The van der Waals surface area contributed by atoms with Crippen molar-refractivity contribution in [1.29, 1.82) is 0 Å².